The minimum Gasteiger partial charge on any atom is -0.381 e. The van der Waals surface area contributed by atoms with Crippen molar-refractivity contribution in [3.63, 3.8) is 0 Å². The van der Waals surface area contributed by atoms with E-state index in [1.54, 1.807) is 0 Å². The molecule has 134 valence electrons. The van der Waals surface area contributed by atoms with E-state index >= 15 is 0 Å². The van der Waals surface area contributed by atoms with Gasteiger partial charge in [0, 0.05) is 31.2 Å². The third-order valence-electron chi connectivity index (χ3n) is 6.36. The SMILES string of the molecule is CCC1CC[C@@H](C(C)C)N1C(=O)C(C(C)C)C1(C)CCOCC1. The van der Waals surface area contributed by atoms with E-state index in [9.17, 15) is 4.79 Å². The molecular formula is C20H37NO2. The first-order valence-electron chi connectivity index (χ1n) is 9.71. The summed E-state index contributed by atoms with van der Waals surface area (Å²) < 4.78 is 5.58. The zero-order valence-electron chi connectivity index (χ0n) is 16.1. The highest BCUT2D eigenvalue weighted by Crippen LogP contribution is 2.44. The Morgan fingerprint density at radius 1 is 1.17 bits per heavy atom. The van der Waals surface area contributed by atoms with Crippen LogP contribution in [0.25, 0.3) is 0 Å². The van der Waals surface area contributed by atoms with Gasteiger partial charge in [-0.1, -0.05) is 41.5 Å². The Morgan fingerprint density at radius 3 is 2.26 bits per heavy atom. The van der Waals surface area contributed by atoms with Crippen LogP contribution in [0.1, 0.15) is 73.6 Å². The van der Waals surface area contributed by atoms with Crippen molar-refractivity contribution < 1.29 is 9.53 Å². The number of likely N-dealkylation sites (tertiary alicyclic amines) is 1. The van der Waals surface area contributed by atoms with Crippen LogP contribution in [-0.4, -0.2) is 36.1 Å². The highest BCUT2D eigenvalue weighted by atomic mass is 16.5. The number of rotatable bonds is 5. The minimum atomic E-state index is 0.0892. The van der Waals surface area contributed by atoms with E-state index in [0.29, 0.717) is 29.8 Å². The fourth-order valence-electron chi connectivity index (χ4n) is 5.01. The van der Waals surface area contributed by atoms with Crippen molar-refractivity contribution in [3.05, 3.63) is 0 Å². The molecule has 2 heterocycles. The molecule has 0 saturated carbocycles. The molecule has 0 radical (unpaired) electrons. The van der Waals surface area contributed by atoms with Crippen molar-refractivity contribution >= 4 is 5.91 Å². The van der Waals surface area contributed by atoms with Gasteiger partial charge >= 0.3 is 0 Å². The maximum atomic E-state index is 13.7. The lowest BCUT2D eigenvalue weighted by Crippen LogP contribution is -2.52. The monoisotopic (exact) mass is 323 g/mol. The molecule has 0 aromatic carbocycles. The van der Waals surface area contributed by atoms with E-state index in [0.717, 1.165) is 32.5 Å². The fourth-order valence-corrected chi connectivity index (χ4v) is 5.01. The highest BCUT2D eigenvalue weighted by molar-refractivity contribution is 5.81. The molecule has 3 heteroatoms. The number of amides is 1. The molecule has 3 nitrogen and oxygen atoms in total. The van der Waals surface area contributed by atoms with E-state index in [4.69, 9.17) is 4.74 Å². The molecule has 2 unspecified atom stereocenters. The van der Waals surface area contributed by atoms with Gasteiger partial charge in [0.25, 0.3) is 0 Å². The van der Waals surface area contributed by atoms with Crippen LogP contribution in [0.5, 0.6) is 0 Å². The molecular weight excluding hydrogens is 286 g/mol. The molecule has 23 heavy (non-hydrogen) atoms. The van der Waals surface area contributed by atoms with Gasteiger partial charge in [-0.15, -0.1) is 0 Å². The molecule has 0 aliphatic carbocycles. The van der Waals surface area contributed by atoms with Crippen molar-refractivity contribution in [2.45, 2.75) is 85.7 Å². The standard InChI is InChI=1S/C20H37NO2/c1-7-16-8-9-17(14(2)3)21(16)19(22)18(15(4)5)20(6)10-12-23-13-11-20/h14-18H,7-13H2,1-6H3/t16?,17-,18?/m0/s1. The first kappa shape index (κ1) is 18.8. The van der Waals surface area contributed by atoms with Crippen molar-refractivity contribution in [1.82, 2.24) is 4.90 Å². The Labute approximate surface area is 143 Å². The average molecular weight is 324 g/mol. The number of hydrogen-bond donors (Lipinski definition) is 0. The van der Waals surface area contributed by atoms with Crippen LogP contribution in [0, 0.1) is 23.2 Å². The Bertz CT molecular complexity index is 398. The van der Waals surface area contributed by atoms with E-state index in [-0.39, 0.29) is 11.3 Å². The maximum Gasteiger partial charge on any atom is 0.227 e. The fraction of sp³-hybridized carbons (Fsp3) is 0.950. The third-order valence-corrected chi connectivity index (χ3v) is 6.36. The van der Waals surface area contributed by atoms with Gasteiger partial charge in [0.15, 0.2) is 0 Å². The van der Waals surface area contributed by atoms with Gasteiger partial charge in [0.2, 0.25) is 5.91 Å². The number of ether oxygens (including phenoxy) is 1. The lowest BCUT2D eigenvalue weighted by Gasteiger charge is -2.45. The molecule has 0 aromatic rings. The molecule has 0 spiro atoms. The molecule has 0 N–H and O–H groups in total. The summed E-state index contributed by atoms with van der Waals surface area (Å²) in [4.78, 5) is 16.0. The van der Waals surface area contributed by atoms with E-state index in [1.807, 2.05) is 0 Å². The van der Waals surface area contributed by atoms with Crippen LogP contribution in [0.4, 0.5) is 0 Å². The van der Waals surface area contributed by atoms with Crippen LogP contribution < -0.4 is 0 Å². The summed E-state index contributed by atoms with van der Waals surface area (Å²) in [6.45, 7) is 15.1. The van der Waals surface area contributed by atoms with Crippen LogP contribution in [0.2, 0.25) is 0 Å². The quantitative estimate of drug-likeness (QED) is 0.745. The van der Waals surface area contributed by atoms with Gasteiger partial charge in [0.1, 0.15) is 0 Å². The Kier molecular flexibility index (Phi) is 6.16. The second-order valence-corrected chi connectivity index (χ2v) is 8.68. The van der Waals surface area contributed by atoms with E-state index in [2.05, 4.69) is 46.4 Å². The summed E-state index contributed by atoms with van der Waals surface area (Å²) in [6.07, 6.45) is 5.46. The normalized spacial score (nSPS) is 29.3. The molecule has 2 aliphatic heterocycles. The highest BCUT2D eigenvalue weighted by Gasteiger charge is 2.47. The van der Waals surface area contributed by atoms with Crippen LogP contribution in [0.15, 0.2) is 0 Å². The predicted molar refractivity (Wildman–Crippen MR) is 95.3 cm³/mol. The Hall–Kier alpha value is -0.570. The van der Waals surface area contributed by atoms with Gasteiger partial charge in [-0.25, -0.2) is 0 Å². The summed E-state index contributed by atoms with van der Waals surface area (Å²) in [5.74, 6) is 1.48. The third kappa shape index (κ3) is 3.75. The molecule has 0 bridgehead atoms. The van der Waals surface area contributed by atoms with Crippen LogP contribution in [0.3, 0.4) is 0 Å². The van der Waals surface area contributed by atoms with Gasteiger partial charge in [-0.2, -0.15) is 0 Å². The molecule has 2 rings (SSSR count). The van der Waals surface area contributed by atoms with Gasteiger partial charge in [-0.05, 0) is 49.4 Å². The van der Waals surface area contributed by atoms with Gasteiger partial charge in [-0.3, -0.25) is 4.79 Å². The van der Waals surface area contributed by atoms with Crippen molar-refractivity contribution in [2.24, 2.45) is 23.2 Å². The summed E-state index contributed by atoms with van der Waals surface area (Å²) in [7, 11) is 0. The smallest absolute Gasteiger partial charge is 0.227 e. The average Bonchev–Trinajstić information content (AvgIpc) is 2.91. The summed E-state index contributed by atoms with van der Waals surface area (Å²) in [5.41, 5.74) is 0.0892. The first-order chi connectivity index (χ1) is 10.8. The van der Waals surface area contributed by atoms with Crippen LogP contribution in [-0.2, 0) is 9.53 Å². The molecule has 3 atom stereocenters. The lowest BCUT2D eigenvalue weighted by atomic mass is 9.66. The second kappa shape index (κ2) is 7.55. The maximum absolute atomic E-state index is 13.7. The molecule has 2 fully saturated rings. The summed E-state index contributed by atoms with van der Waals surface area (Å²) in [6, 6.07) is 0.872. The largest absolute Gasteiger partial charge is 0.381 e. The Balaban J connectivity index is 2.28. The number of hydrogen-bond acceptors (Lipinski definition) is 2. The number of carbonyl (C=O) groups excluding carboxylic acids is 1. The number of nitrogens with zero attached hydrogens (tertiary/aromatic N) is 1. The topological polar surface area (TPSA) is 29.5 Å². The van der Waals surface area contributed by atoms with Crippen LogP contribution >= 0.6 is 0 Å². The zero-order valence-corrected chi connectivity index (χ0v) is 16.1. The van der Waals surface area contributed by atoms with Gasteiger partial charge in [0.05, 0.1) is 0 Å². The molecule has 2 saturated heterocycles. The zero-order chi connectivity index (χ0) is 17.2. The molecule has 0 aromatic heterocycles. The molecule has 1 amide bonds. The second-order valence-electron chi connectivity index (χ2n) is 8.68. The van der Waals surface area contributed by atoms with Crippen molar-refractivity contribution in [3.8, 4) is 0 Å². The predicted octanol–water partition coefficient (Wildman–Crippen LogP) is 4.50. The van der Waals surface area contributed by atoms with E-state index in [1.165, 1.54) is 12.8 Å². The van der Waals surface area contributed by atoms with Gasteiger partial charge < -0.3 is 9.64 Å². The lowest BCUT2D eigenvalue weighted by molar-refractivity contribution is -0.149. The Morgan fingerprint density at radius 2 is 1.78 bits per heavy atom. The minimum absolute atomic E-state index is 0.0892. The van der Waals surface area contributed by atoms with E-state index < -0.39 is 0 Å². The van der Waals surface area contributed by atoms with Crippen molar-refractivity contribution in [1.29, 1.82) is 0 Å². The summed E-state index contributed by atoms with van der Waals surface area (Å²) >= 11 is 0. The first-order valence-corrected chi connectivity index (χ1v) is 9.71. The van der Waals surface area contributed by atoms with Crippen molar-refractivity contribution in [2.75, 3.05) is 13.2 Å². The summed E-state index contributed by atoms with van der Waals surface area (Å²) in [5, 5.41) is 0. The number of carbonyl (C=O) groups is 1. The molecule has 2 aliphatic rings.